The number of rotatable bonds is 10. The lowest BCUT2D eigenvalue weighted by Crippen LogP contribution is -2.55. The van der Waals surface area contributed by atoms with Crippen LogP contribution in [0, 0.1) is 5.92 Å². The van der Waals surface area contributed by atoms with Gasteiger partial charge in [-0.15, -0.1) is 0 Å². The Morgan fingerprint density at radius 3 is 2.59 bits per heavy atom. The number of fused-ring (bicyclic) bond motifs is 1. The molecule has 1 aliphatic carbocycles. The molecule has 1 saturated heterocycles. The zero-order chi connectivity index (χ0) is 20.0. The average molecular weight is 383 g/mol. The van der Waals surface area contributed by atoms with Gasteiger partial charge in [0.2, 0.25) is 5.91 Å². The van der Waals surface area contributed by atoms with E-state index >= 15 is 0 Å². The van der Waals surface area contributed by atoms with Crippen LogP contribution in [-0.2, 0) is 19.1 Å². The number of likely N-dealkylation sites (tertiary alicyclic amines) is 1. The quantitative estimate of drug-likeness (QED) is 0.445. The molecule has 0 aromatic heterocycles. The lowest BCUT2D eigenvalue weighted by molar-refractivity contribution is -0.151. The number of hydrogen-bond donors (Lipinski definition) is 2. The molecule has 2 aliphatic rings. The summed E-state index contributed by atoms with van der Waals surface area (Å²) in [4.78, 5) is 38.6. The van der Waals surface area contributed by atoms with Gasteiger partial charge in [0, 0.05) is 6.04 Å². The van der Waals surface area contributed by atoms with Crippen molar-refractivity contribution in [1.29, 1.82) is 0 Å². The van der Waals surface area contributed by atoms with Gasteiger partial charge in [-0.3, -0.25) is 14.9 Å². The van der Waals surface area contributed by atoms with Crippen LogP contribution >= 0.6 is 0 Å². The number of carboxylic acids is 1. The minimum Gasteiger partial charge on any atom is -0.480 e. The third kappa shape index (κ3) is 5.21. The van der Waals surface area contributed by atoms with Gasteiger partial charge in [-0.1, -0.05) is 32.6 Å². The molecule has 27 heavy (non-hydrogen) atoms. The summed E-state index contributed by atoms with van der Waals surface area (Å²) < 4.78 is 5.15. The molecule has 0 bridgehead atoms. The van der Waals surface area contributed by atoms with Crippen LogP contribution in [0.4, 0.5) is 0 Å². The molecule has 2 N–H and O–H groups in total. The Balaban J connectivity index is 2.06. The molecule has 1 aliphatic heterocycles. The van der Waals surface area contributed by atoms with E-state index in [0.717, 1.165) is 38.5 Å². The van der Waals surface area contributed by atoms with Crippen molar-refractivity contribution in [3.63, 3.8) is 0 Å². The van der Waals surface area contributed by atoms with Crippen LogP contribution in [0.25, 0.3) is 0 Å². The summed E-state index contributed by atoms with van der Waals surface area (Å²) in [7, 11) is 0. The molecule has 1 heterocycles. The number of nitrogens with one attached hydrogen (secondary N) is 1. The number of amides is 1. The third-order valence-corrected chi connectivity index (χ3v) is 5.87. The molecule has 154 valence electrons. The van der Waals surface area contributed by atoms with E-state index < -0.39 is 24.1 Å². The highest BCUT2D eigenvalue weighted by Crippen LogP contribution is 2.41. The van der Waals surface area contributed by atoms with Gasteiger partial charge in [0.15, 0.2) is 0 Å². The average Bonchev–Trinajstić information content (AvgIpc) is 3.21. The van der Waals surface area contributed by atoms with Gasteiger partial charge in [0.1, 0.15) is 12.1 Å². The van der Waals surface area contributed by atoms with Crippen molar-refractivity contribution in [3.8, 4) is 0 Å². The van der Waals surface area contributed by atoms with E-state index in [1.54, 1.807) is 18.7 Å². The van der Waals surface area contributed by atoms with Crippen LogP contribution in [0.3, 0.4) is 0 Å². The molecule has 0 unspecified atom stereocenters. The Kier molecular flexibility index (Phi) is 8.07. The Labute approximate surface area is 161 Å². The normalized spacial score (nSPS) is 26.5. The monoisotopic (exact) mass is 382 g/mol. The molecular weight excluding hydrogens is 348 g/mol. The van der Waals surface area contributed by atoms with E-state index in [-0.39, 0.29) is 23.8 Å². The maximum Gasteiger partial charge on any atom is 0.326 e. The van der Waals surface area contributed by atoms with Crippen LogP contribution in [0.2, 0.25) is 0 Å². The van der Waals surface area contributed by atoms with Crippen molar-refractivity contribution < 1.29 is 24.2 Å². The number of ether oxygens (including phenoxy) is 1. The van der Waals surface area contributed by atoms with Crippen LogP contribution in [-0.4, -0.2) is 58.6 Å². The fraction of sp³-hybridized carbons (Fsp3) is 0.850. The third-order valence-electron chi connectivity index (χ3n) is 5.87. The molecule has 1 amide bonds. The van der Waals surface area contributed by atoms with Gasteiger partial charge >= 0.3 is 11.9 Å². The topological polar surface area (TPSA) is 95.9 Å². The second-order valence-corrected chi connectivity index (χ2v) is 7.78. The number of unbranched alkanes of at least 4 members (excludes halogenated alkanes) is 2. The maximum absolute atomic E-state index is 13.1. The first kappa shape index (κ1) is 21.7. The molecule has 0 aromatic rings. The molecule has 2 rings (SSSR count). The fourth-order valence-electron chi connectivity index (χ4n) is 4.53. The number of hydrogen-bond acceptors (Lipinski definition) is 5. The molecule has 0 aromatic carbocycles. The molecule has 5 atom stereocenters. The van der Waals surface area contributed by atoms with E-state index in [4.69, 9.17) is 4.74 Å². The minimum absolute atomic E-state index is 0.0176. The van der Waals surface area contributed by atoms with Crippen LogP contribution < -0.4 is 5.32 Å². The molecule has 2 fully saturated rings. The Bertz CT molecular complexity index is 538. The molecule has 7 nitrogen and oxygen atoms in total. The van der Waals surface area contributed by atoms with E-state index in [2.05, 4.69) is 12.2 Å². The predicted octanol–water partition coefficient (Wildman–Crippen LogP) is 2.33. The van der Waals surface area contributed by atoms with Crippen molar-refractivity contribution in [2.45, 2.75) is 96.3 Å². The van der Waals surface area contributed by atoms with Crippen molar-refractivity contribution in [3.05, 3.63) is 0 Å². The largest absolute Gasteiger partial charge is 0.480 e. The zero-order valence-corrected chi connectivity index (χ0v) is 16.8. The summed E-state index contributed by atoms with van der Waals surface area (Å²) in [6.45, 7) is 5.87. The van der Waals surface area contributed by atoms with Crippen LogP contribution in [0.1, 0.15) is 72.1 Å². The minimum atomic E-state index is -0.935. The van der Waals surface area contributed by atoms with Gasteiger partial charge < -0.3 is 14.7 Å². The molecule has 1 saturated carbocycles. The summed E-state index contributed by atoms with van der Waals surface area (Å²) in [6, 6.07) is -1.90. The number of carbonyl (C=O) groups excluding carboxylic acids is 2. The Morgan fingerprint density at radius 2 is 1.96 bits per heavy atom. The standard InChI is InChI=1S/C20H34N2O5/c1-4-6-7-10-15(20(26)27-5-2)21-13(3)18(23)22-16-11-8-9-14(16)12-17(22)19(24)25/h13-17,21H,4-12H2,1-3H3,(H,24,25)/t13-,14-,15-,16-,17-/m0/s1. The highest BCUT2D eigenvalue weighted by Gasteiger charge is 2.49. The van der Waals surface area contributed by atoms with Crippen molar-refractivity contribution >= 4 is 17.8 Å². The second-order valence-electron chi connectivity index (χ2n) is 7.78. The van der Waals surface area contributed by atoms with Gasteiger partial charge in [-0.25, -0.2) is 4.79 Å². The number of carboxylic acid groups (broad SMARTS) is 1. The van der Waals surface area contributed by atoms with Gasteiger partial charge in [-0.2, -0.15) is 0 Å². The first-order valence-electron chi connectivity index (χ1n) is 10.4. The molecule has 7 heteroatoms. The molecule has 0 spiro atoms. The van der Waals surface area contributed by atoms with E-state index in [0.29, 0.717) is 19.4 Å². The zero-order valence-electron chi connectivity index (χ0n) is 16.8. The van der Waals surface area contributed by atoms with Gasteiger partial charge in [0.25, 0.3) is 0 Å². The van der Waals surface area contributed by atoms with E-state index in [1.807, 2.05) is 0 Å². The highest BCUT2D eigenvalue weighted by molar-refractivity contribution is 5.88. The van der Waals surface area contributed by atoms with Crippen molar-refractivity contribution in [1.82, 2.24) is 10.2 Å². The summed E-state index contributed by atoms with van der Waals surface area (Å²) in [6.07, 6.45) is 6.97. The summed E-state index contributed by atoms with van der Waals surface area (Å²) >= 11 is 0. The van der Waals surface area contributed by atoms with Crippen molar-refractivity contribution in [2.75, 3.05) is 6.61 Å². The summed E-state index contributed by atoms with van der Waals surface area (Å²) in [5.74, 6) is -1.22. The Hall–Kier alpha value is -1.63. The lowest BCUT2D eigenvalue weighted by Gasteiger charge is -2.31. The van der Waals surface area contributed by atoms with Crippen LogP contribution in [0.15, 0.2) is 0 Å². The maximum atomic E-state index is 13.1. The SMILES string of the molecule is CCCCC[C@H](N[C@@H](C)C(=O)N1[C@H](C(=O)O)C[C@@H]2CCC[C@@H]21)C(=O)OCC. The molecular formula is C20H34N2O5. The summed E-state index contributed by atoms with van der Waals surface area (Å²) in [5, 5.41) is 12.7. The first-order chi connectivity index (χ1) is 12.9. The number of aliphatic carboxylic acids is 1. The first-order valence-corrected chi connectivity index (χ1v) is 10.4. The van der Waals surface area contributed by atoms with Crippen molar-refractivity contribution in [2.24, 2.45) is 5.92 Å². The highest BCUT2D eigenvalue weighted by atomic mass is 16.5. The fourth-order valence-corrected chi connectivity index (χ4v) is 4.53. The summed E-state index contributed by atoms with van der Waals surface area (Å²) in [5.41, 5.74) is 0. The molecule has 0 radical (unpaired) electrons. The van der Waals surface area contributed by atoms with Gasteiger partial charge in [-0.05, 0) is 45.4 Å². The van der Waals surface area contributed by atoms with E-state index in [9.17, 15) is 19.5 Å². The number of nitrogens with zero attached hydrogens (tertiary/aromatic N) is 1. The van der Waals surface area contributed by atoms with Crippen LogP contribution in [0.5, 0.6) is 0 Å². The van der Waals surface area contributed by atoms with Gasteiger partial charge in [0.05, 0.1) is 12.6 Å². The number of esters is 1. The second kappa shape index (κ2) is 10.1. The smallest absolute Gasteiger partial charge is 0.326 e. The van der Waals surface area contributed by atoms with E-state index in [1.165, 1.54) is 0 Å². The predicted molar refractivity (Wildman–Crippen MR) is 101 cm³/mol. The number of carbonyl (C=O) groups is 3. The lowest BCUT2D eigenvalue weighted by atomic mass is 10.0. The Morgan fingerprint density at radius 1 is 1.22 bits per heavy atom.